The lowest BCUT2D eigenvalue weighted by Gasteiger charge is -2.35. The summed E-state index contributed by atoms with van der Waals surface area (Å²) in [7, 11) is 4.02. The van der Waals surface area contributed by atoms with Crippen molar-refractivity contribution in [2.75, 3.05) is 27.2 Å². The monoisotopic (exact) mass is 419 g/mol. The summed E-state index contributed by atoms with van der Waals surface area (Å²) in [5.41, 5.74) is 4.20. The zero-order valence-electron chi connectivity index (χ0n) is 18.1. The molecule has 1 atom stereocenters. The average Bonchev–Trinajstić information content (AvgIpc) is 3.21. The highest BCUT2D eigenvalue weighted by Gasteiger charge is 2.28. The summed E-state index contributed by atoms with van der Waals surface area (Å²) in [6, 6.07) is 16.4. The van der Waals surface area contributed by atoms with Gasteiger partial charge in [-0.25, -0.2) is 4.98 Å². The molecule has 2 heterocycles. The van der Waals surface area contributed by atoms with Gasteiger partial charge in [-0.05, 0) is 50.2 Å². The molecule has 31 heavy (non-hydrogen) atoms. The van der Waals surface area contributed by atoms with E-state index in [0.29, 0.717) is 25.7 Å². The molecule has 0 radical (unpaired) electrons. The van der Waals surface area contributed by atoms with Gasteiger partial charge in [-0.15, -0.1) is 0 Å². The van der Waals surface area contributed by atoms with Crippen molar-refractivity contribution in [3.05, 3.63) is 66.0 Å². The summed E-state index contributed by atoms with van der Waals surface area (Å²) in [5, 5.41) is 2.77. The Hall–Kier alpha value is -3.19. The van der Waals surface area contributed by atoms with Gasteiger partial charge in [0, 0.05) is 32.2 Å². The molecule has 7 nitrogen and oxygen atoms in total. The van der Waals surface area contributed by atoms with E-state index < -0.39 is 11.8 Å². The highest BCUT2D eigenvalue weighted by atomic mass is 16.2. The van der Waals surface area contributed by atoms with Gasteiger partial charge in [-0.2, -0.15) is 0 Å². The number of amides is 2. The molecule has 7 heteroatoms. The molecule has 1 aliphatic rings. The van der Waals surface area contributed by atoms with Crippen molar-refractivity contribution in [3.8, 4) is 0 Å². The van der Waals surface area contributed by atoms with Crippen LogP contribution < -0.4 is 5.32 Å². The lowest BCUT2D eigenvalue weighted by Crippen LogP contribution is -2.51. The fourth-order valence-corrected chi connectivity index (χ4v) is 4.06. The number of aromatic nitrogens is 2. The Morgan fingerprint density at radius 2 is 1.84 bits per heavy atom. The molecule has 1 saturated heterocycles. The Bertz CT molecular complexity index is 1060. The van der Waals surface area contributed by atoms with E-state index >= 15 is 0 Å². The molecular weight excluding hydrogens is 390 g/mol. The van der Waals surface area contributed by atoms with Crippen LogP contribution in [-0.4, -0.2) is 64.4 Å². The first kappa shape index (κ1) is 21.1. The first-order valence-corrected chi connectivity index (χ1v) is 10.7. The van der Waals surface area contributed by atoms with Crippen molar-refractivity contribution in [2.24, 2.45) is 0 Å². The molecule has 4 rings (SSSR count). The number of piperidine rings is 1. The number of nitrogens with one attached hydrogen (secondary N) is 1. The van der Waals surface area contributed by atoms with Crippen LogP contribution >= 0.6 is 0 Å². The SMILES string of the molecule is CN(C)C1CCCN(C(=O)C(=O)NCc2ccc(Cn3cnc4ccccc43)cc2)C1. The van der Waals surface area contributed by atoms with Crippen LogP contribution in [0.25, 0.3) is 11.0 Å². The number of rotatable bonds is 5. The molecule has 0 spiro atoms. The maximum atomic E-state index is 12.5. The van der Waals surface area contributed by atoms with Gasteiger partial charge in [-0.3, -0.25) is 9.59 Å². The second-order valence-corrected chi connectivity index (χ2v) is 8.37. The fraction of sp³-hybridized carbons (Fsp3) is 0.375. The summed E-state index contributed by atoms with van der Waals surface area (Å²) >= 11 is 0. The molecule has 2 amide bonds. The van der Waals surface area contributed by atoms with Crippen LogP contribution in [0, 0.1) is 0 Å². The molecule has 0 saturated carbocycles. The van der Waals surface area contributed by atoms with Gasteiger partial charge in [0.25, 0.3) is 0 Å². The first-order valence-electron chi connectivity index (χ1n) is 10.7. The maximum Gasteiger partial charge on any atom is 0.311 e. The first-order chi connectivity index (χ1) is 15.0. The number of carbonyl (C=O) groups is 2. The summed E-state index contributed by atoms with van der Waals surface area (Å²) in [5.74, 6) is -0.969. The highest BCUT2D eigenvalue weighted by molar-refractivity contribution is 6.35. The average molecular weight is 420 g/mol. The zero-order chi connectivity index (χ0) is 21.8. The van der Waals surface area contributed by atoms with Crippen molar-refractivity contribution < 1.29 is 9.59 Å². The molecule has 0 aliphatic carbocycles. The van der Waals surface area contributed by atoms with E-state index in [1.54, 1.807) is 4.90 Å². The van der Waals surface area contributed by atoms with E-state index in [0.717, 1.165) is 41.5 Å². The van der Waals surface area contributed by atoms with Gasteiger partial charge in [0.05, 0.1) is 17.4 Å². The number of likely N-dealkylation sites (tertiary alicyclic amines) is 1. The van der Waals surface area contributed by atoms with Gasteiger partial charge in [0.15, 0.2) is 0 Å². The molecule has 3 aromatic rings. The van der Waals surface area contributed by atoms with Gasteiger partial charge in [-0.1, -0.05) is 36.4 Å². The predicted molar refractivity (Wildman–Crippen MR) is 120 cm³/mol. The number of nitrogens with zero attached hydrogens (tertiary/aromatic N) is 4. The fourth-order valence-electron chi connectivity index (χ4n) is 4.06. The smallest absolute Gasteiger partial charge is 0.311 e. The Morgan fingerprint density at radius 3 is 2.61 bits per heavy atom. The Balaban J connectivity index is 1.31. The number of para-hydroxylation sites is 2. The van der Waals surface area contributed by atoms with Crippen LogP contribution in [0.15, 0.2) is 54.9 Å². The second-order valence-electron chi connectivity index (χ2n) is 8.37. The highest BCUT2D eigenvalue weighted by Crippen LogP contribution is 2.15. The van der Waals surface area contributed by atoms with Crippen LogP contribution in [0.5, 0.6) is 0 Å². The van der Waals surface area contributed by atoms with E-state index in [1.807, 2.05) is 62.9 Å². The Morgan fingerprint density at radius 1 is 1.10 bits per heavy atom. The molecule has 0 bridgehead atoms. The number of imidazole rings is 1. The normalized spacial score (nSPS) is 16.6. The number of hydrogen-bond donors (Lipinski definition) is 1. The lowest BCUT2D eigenvalue weighted by molar-refractivity contribution is -0.147. The van der Waals surface area contributed by atoms with Gasteiger partial charge >= 0.3 is 11.8 Å². The maximum absolute atomic E-state index is 12.5. The van der Waals surface area contributed by atoms with Crippen molar-refractivity contribution >= 4 is 22.8 Å². The predicted octanol–water partition coefficient (Wildman–Crippen LogP) is 2.25. The third kappa shape index (κ3) is 4.94. The summed E-state index contributed by atoms with van der Waals surface area (Å²) < 4.78 is 2.12. The van der Waals surface area contributed by atoms with E-state index in [1.165, 1.54) is 0 Å². The Labute approximate surface area is 182 Å². The van der Waals surface area contributed by atoms with E-state index in [2.05, 4.69) is 25.8 Å². The minimum Gasteiger partial charge on any atom is -0.344 e. The third-order valence-corrected chi connectivity index (χ3v) is 5.96. The molecule has 1 aromatic heterocycles. The largest absolute Gasteiger partial charge is 0.344 e. The molecule has 1 fully saturated rings. The number of likely N-dealkylation sites (N-methyl/N-ethyl adjacent to an activating group) is 1. The number of fused-ring (bicyclic) bond motifs is 1. The minimum atomic E-state index is -0.534. The Kier molecular flexibility index (Phi) is 6.32. The second kappa shape index (κ2) is 9.31. The molecule has 162 valence electrons. The van der Waals surface area contributed by atoms with E-state index in [4.69, 9.17) is 0 Å². The number of benzene rings is 2. The van der Waals surface area contributed by atoms with Crippen LogP contribution in [0.2, 0.25) is 0 Å². The van der Waals surface area contributed by atoms with Crippen LogP contribution in [0.4, 0.5) is 0 Å². The van der Waals surface area contributed by atoms with E-state index in [9.17, 15) is 9.59 Å². The topological polar surface area (TPSA) is 70.5 Å². The van der Waals surface area contributed by atoms with Gasteiger partial charge < -0.3 is 19.7 Å². The van der Waals surface area contributed by atoms with Crippen molar-refractivity contribution in [3.63, 3.8) is 0 Å². The third-order valence-electron chi connectivity index (χ3n) is 5.96. The summed E-state index contributed by atoms with van der Waals surface area (Å²) in [6.07, 6.45) is 3.83. The molecule has 1 unspecified atom stereocenters. The van der Waals surface area contributed by atoms with Crippen LogP contribution in [0.1, 0.15) is 24.0 Å². The number of carbonyl (C=O) groups excluding carboxylic acids is 2. The molecule has 2 aromatic carbocycles. The standard InChI is InChI=1S/C24H29N5O2/c1-27(2)20-6-5-13-28(16-20)24(31)23(30)25-14-18-9-11-19(12-10-18)15-29-17-26-21-7-3-4-8-22(21)29/h3-4,7-12,17,20H,5-6,13-16H2,1-2H3,(H,25,30). The van der Waals surface area contributed by atoms with Crippen molar-refractivity contribution in [2.45, 2.75) is 32.0 Å². The minimum absolute atomic E-state index is 0.311. The summed E-state index contributed by atoms with van der Waals surface area (Å²) in [6.45, 7) is 2.32. The quantitative estimate of drug-likeness (QED) is 0.644. The van der Waals surface area contributed by atoms with Crippen LogP contribution in [0.3, 0.4) is 0 Å². The van der Waals surface area contributed by atoms with Gasteiger partial charge in [0.2, 0.25) is 0 Å². The van der Waals surface area contributed by atoms with Crippen molar-refractivity contribution in [1.82, 2.24) is 24.7 Å². The lowest BCUT2D eigenvalue weighted by atomic mass is 10.0. The molecule has 1 aliphatic heterocycles. The molecule has 1 N–H and O–H groups in total. The van der Waals surface area contributed by atoms with E-state index in [-0.39, 0.29) is 0 Å². The number of hydrogen-bond acceptors (Lipinski definition) is 4. The van der Waals surface area contributed by atoms with Crippen LogP contribution in [-0.2, 0) is 22.7 Å². The zero-order valence-corrected chi connectivity index (χ0v) is 18.1. The molecular formula is C24H29N5O2. The van der Waals surface area contributed by atoms with Crippen molar-refractivity contribution in [1.29, 1.82) is 0 Å². The van der Waals surface area contributed by atoms with Gasteiger partial charge in [0.1, 0.15) is 0 Å². The summed E-state index contributed by atoms with van der Waals surface area (Å²) in [4.78, 5) is 33.1.